The molecular formula is C16H15FN6O3. The summed E-state index contributed by atoms with van der Waals surface area (Å²) in [5, 5.41) is 7.63. The molecule has 0 N–H and O–H groups in total. The van der Waals surface area contributed by atoms with Crippen molar-refractivity contribution in [1.29, 1.82) is 0 Å². The number of hydrogen-bond donors (Lipinski definition) is 0. The van der Waals surface area contributed by atoms with E-state index in [0.717, 1.165) is 10.9 Å². The van der Waals surface area contributed by atoms with Gasteiger partial charge in [-0.15, -0.1) is 5.10 Å². The number of Topliss-reactive ketones (excluding diaryl/α,β-unsaturated/α-hetero) is 1. The molecule has 1 atom stereocenters. The lowest BCUT2D eigenvalue weighted by Gasteiger charge is -2.19. The minimum atomic E-state index is -1.34. The molecule has 10 heteroatoms. The maximum Gasteiger partial charge on any atom is 0.284 e. The SMILES string of the molecule is CC(=O)[C@@H](C(=O)N(C)C)n1cnc2c(nnn2-c2cccc(F)c2)c1=O. The van der Waals surface area contributed by atoms with Crippen LogP contribution in [0.25, 0.3) is 16.9 Å². The molecule has 0 saturated heterocycles. The van der Waals surface area contributed by atoms with Gasteiger partial charge in [-0.3, -0.25) is 19.0 Å². The van der Waals surface area contributed by atoms with Crippen LogP contribution in [0, 0.1) is 5.82 Å². The van der Waals surface area contributed by atoms with Crippen LogP contribution in [0.3, 0.4) is 0 Å². The number of rotatable bonds is 4. The minimum Gasteiger partial charge on any atom is -0.347 e. The van der Waals surface area contributed by atoms with Gasteiger partial charge in [0, 0.05) is 14.1 Å². The summed E-state index contributed by atoms with van der Waals surface area (Å²) in [5.74, 6) is -1.55. The van der Waals surface area contributed by atoms with Crippen molar-refractivity contribution in [2.45, 2.75) is 13.0 Å². The van der Waals surface area contributed by atoms with Crippen LogP contribution in [-0.4, -0.2) is 55.2 Å². The monoisotopic (exact) mass is 358 g/mol. The van der Waals surface area contributed by atoms with E-state index in [1.54, 1.807) is 6.07 Å². The fourth-order valence-corrected chi connectivity index (χ4v) is 2.52. The third-order valence-corrected chi connectivity index (χ3v) is 3.78. The molecule has 0 aliphatic heterocycles. The van der Waals surface area contributed by atoms with Gasteiger partial charge in [-0.1, -0.05) is 11.3 Å². The van der Waals surface area contributed by atoms with Crippen LogP contribution in [0.1, 0.15) is 13.0 Å². The summed E-state index contributed by atoms with van der Waals surface area (Å²) in [4.78, 5) is 42.2. The Balaban J connectivity index is 2.18. The first-order valence-electron chi connectivity index (χ1n) is 7.61. The molecule has 2 heterocycles. The molecule has 0 saturated carbocycles. The lowest BCUT2D eigenvalue weighted by molar-refractivity contribution is -0.137. The minimum absolute atomic E-state index is 0.0939. The van der Waals surface area contributed by atoms with Gasteiger partial charge in [0.15, 0.2) is 23.0 Å². The number of aromatic nitrogens is 5. The van der Waals surface area contributed by atoms with Crippen LogP contribution in [0.4, 0.5) is 4.39 Å². The number of benzene rings is 1. The summed E-state index contributed by atoms with van der Waals surface area (Å²) in [6.07, 6.45) is 1.09. The molecule has 0 unspecified atom stereocenters. The van der Waals surface area contributed by atoms with E-state index in [4.69, 9.17) is 0 Å². The first-order valence-corrected chi connectivity index (χ1v) is 7.61. The molecule has 0 aliphatic rings. The third kappa shape index (κ3) is 2.85. The average molecular weight is 358 g/mol. The summed E-state index contributed by atoms with van der Waals surface area (Å²) in [6.45, 7) is 1.21. The first-order chi connectivity index (χ1) is 12.3. The summed E-state index contributed by atoms with van der Waals surface area (Å²) in [6, 6.07) is 4.22. The number of halogens is 1. The Kier molecular flexibility index (Phi) is 4.33. The molecule has 1 amide bonds. The Labute approximate surface area is 146 Å². The Morgan fingerprint density at radius 3 is 2.62 bits per heavy atom. The molecule has 0 bridgehead atoms. The van der Waals surface area contributed by atoms with Gasteiger partial charge in [0.05, 0.1) is 5.69 Å². The van der Waals surface area contributed by atoms with Crippen molar-refractivity contribution in [1.82, 2.24) is 29.4 Å². The lowest BCUT2D eigenvalue weighted by Crippen LogP contribution is -2.40. The zero-order valence-electron chi connectivity index (χ0n) is 14.3. The number of fused-ring (bicyclic) bond motifs is 1. The van der Waals surface area contributed by atoms with Crippen molar-refractivity contribution in [3.05, 3.63) is 46.8 Å². The zero-order valence-corrected chi connectivity index (χ0v) is 14.3. The molecule has 2 aromatic heterocycles. The normalized spacial score (nSPS) is 12.2. The van der Waals surface area contributed by atoms with Crippen molar-refractivity contribution in [2.75, 3.05) is 14.1 Å². The van der Waals surface area contributed by atoms with Gasteiger partial charge in [0.2, 0.25) is 0 Å². The summed E-state index contributed by atoms with van der Waals surface area (Å²) >= 11 is 0. The molecule has 3 rings (SSSR count). The van der Waals surface area contributed by atoms with E-state index in [9.17, 15) is 18.8 Å². The maximum absolute atomic E-state index is 13.4. The first kappa shape index (κ1) is 17.4. The van der Waals surface area contributed by atoms with E-state index in [0.29, 0.717) is 5.69 Å². The van der Waals surface area contributed by atoms with Crippen LogP contribution < -0.4 is 5.56 Å². The van der Waals surface area contributed by atoms with E-state index in [1.165, 1.54) is 48.8 Å². The molecule has 26 heavy (non-hydrogen) atoms. The number of likely N-dealkylation sites (N-methyl/N-ethyl adjacent to an activating group) is 1. The Morgan fingerprint density at radius 1 is 1.27 bits per heavy atom. The van der Waals surface area contributed by atoms with Crippen LogP contribution >= 0.6 is 0 Å². The molecule has 9 nitrogen and oxygen atoms in total. The van der Waals surface area contributed by atoms with Crippen molar-refractivity contribution in [2.24, 2.45) is 0 Å². The number of amides is 1. The topological polar surface area (TPSA) is 103 Å². The van der Waals surface area contributed by atoms with Crippen LogP contribution in [-0.2, 0) is 9.59 Å². The predicted molar refractivity (Wildman–Crippen MR) is 89.3 cm³/mol. The second-order valence-corrected chi connectivity index (χ2v) is 5.86. The van der Waals surface area contributed by atoms with Crippen molar-refractivity contribution in [3.8, 4) is 5.69 Å². The quantitative estimate of drug-likeness (QED) is 0.623. The Hall–Kier alpha value is -3.43. The van der Waals surface area contributed by atoms with E-state index in [-0.39, 0.29) is 11.2 Å². The molecule has 0 fully saturated rings. The summed E-state index contributed by atoms with van der Waals surface area (Å²) in [7, 11) is 2.96. The van der Waals surface area contributed by atoms with Gasteiger partial charge in [-0.25, -0.2) is 9.37 Å². The third-order valence-electron chi connectivity index (χ3n) is 3.78. The highest BCUT2D eigenvalue weighted by Crippen LogP contribution is 2.15. The van der Waals surface area contributed by atoms with Crippen LogP contribution in [0.5, 0.6) is 0 Å². The summed E-state index contributed by atoms with van der Waals surface area (Å²) in [5.41, 5.74) is -0.385. The van der Waals surface area contributed by atoms with Gasteiger partial charge >= 0.3 is 0 Å². The van der Waals surface area contributed by atoms with Crippen LogP contribution in [0.2, 0.25) is 0 Å². The average Bonchev–Trinajstić information content (AvgIpc) is 3.01. The Bertz CT molecular complexity index is 1070. The van der Waals surface area contributed by atoms with Gasteiger partial charge in [0.1, 0.15) is 12.1 Å². The number of nitrogens with zero attached hydrogens (tertiary/aromatic N) is 6. The fraction of sp³-hybridized carbons (Fsp3) is 0.250. The number of carbonyl (C=O) groups is 2. The Morgan fingerprint density at radius 2 is 2.00 bits per heavy atom. The number of hydrogen-bond acceptors (Lipinski definition) is 6. The molecular weight excluding hydrogens is 343 g/mol. The van der Waals surface area contributed by atoms with Gasteiger partial charge in [-0.2, -0.15) is 4.68 Å². The van der Waals surface area contributed by atoms with Crippen molar-refractivity contribution in [3.63, 3.8) is 0 Å². The summed E-state index contributed by atoms with van der Waals surface area (Å²) < 4.78 is 15.6. The standard InChI is InChI=1S/C16H15FN6O3/c1-9(24)13(16(26)21(2)3)22-8-18-14-12(15(22)25)19-20-23(14)11-6-4-5-10(17)7-11/h4-8,13H,1-3H3/t13-/m0/s1. The van der Waals surface area contributed by atoms with Gasteiger partial charge < -0.3 is 4.90 Å². The van der Waals surface area contributed by atoms with Gasteiger partial charge in [-0.05, 0) is 25.1 Å². The van der Waals surface area contributed by atoms with E-state index in [1.807, 2.05) is 0 Å². The van der Waals surface area contributed by atoms with E-state index < -0.39 is 29.1 Å². The lowest BCUT2D eigenvalue weighted by atomic mass is 10.2. The molecule has 1 aromatic carbocycles. The van der Waals surface area contributed by atoms with Crippen LogP contribution in [0.15, 0.2) is 35.4 Å². The second-order valence-electron chi connectivity index (χ2n) is 5.86. The van der Waals surface area contributed by atoms with Gasteiger partial charge in [0.25, 0.3) is 11.5 Å². The highest BCUT2D eigenvalue weighted by Gasteiger charge is 2.29. The second kappa shape index (κ2) is 6.47. The molecule has 134 valence electrons. The van der Waals surface area contributed by atoms with E-state index >= 15 is 0 Å². The van der Waals surface area contributed by atoms with Crippen molar-refractivity contribution < 1.29 is 14.0 Å². The molecule has 0 spiro atoms. The largest absolute Gasteiger partial charge is 0.347 e. The zero-order chi connectivity index (χ0) is 19.0. The fourth-order valence-electron chi connectivity index (χ4n) is 2.52. The predicted octanol–water partition coefficient (Wildman–Crippen LogP) is 0.335. The number of ketones is 1. The van der Waals surface area contributed by atoms with Crippen molar-refractivity contribution >= 4 is 22.9 Å². The molecule has 0 radical (unpaired) electrons. The molecule has 0 aliphatic carbocycles. The van der Waals surface area contributed by atoms with E-state index in [2.05, 4.69) is 15.3 Å². The molecule has 3 aromatic rings. The maximum atomic E-state index is 13.4. The smallest absolute Gasteiger partial charge is 0.284 e. The highest BCUT2D eigenvalue weighted by molar-refractivity contribution is 6.02. The number of carbonyl (C=O) groups excluding carboxylic acids is 2. The highest BCUT2D eigenvalue weighted by atomic mass is 19.1.